The third kappa shape index (κ3) is 4.09. The molecule has 130 valence electrons. The first kappa shape index (κ1) is 17.2. The Labute approximate surface area is 147 Å². The van der Waals surface area contributed by atoms with Crippen molar-refractivity contribution in [3.8, 4) is 0 Å². The largest absolute Gasteiger partial charge is 0.288 e. The average Bonchev–Trinajstić information content (AvgIpc) is 3.05. The van der Waals surface area contributed by atoms with Crippen LogP contribution in [0.3, 0.4) is 0 Å². The molecule has 0 aliphatic rings. The first-order valence-electron chi connectivity index (χ1n) is 8.44. The van der Waals surface area contributed by atoms with Crippen LogP contribution in [-0.4, -0.2) is 32.2 Å². The van der Waals surface area contributed by atoms with E-state index >= 15 is 0 Å². The van der Waals surface area contributed by atoms with Gasteiger partial charge in [-0.1, -0.05) is 49.4 Å². The summed E-state index contributed by atoms with van der Waals surface area (Å²) in [4.78, 5) is 2.18. The lowest BCUT2D eigenvalue weighted by atomic mass is 9.97. The van der Waals surface area contributed by atoms with Crippen molar-refractivity contribution < 1.29 is 4.39 Å². The van der Waals surface area contributed by atoms with Gasteiger partial charge in [0.25, 0.3) is 0 Å². The van der Waals surface area contributed by atoms with Crippen LogP contribution in [0.25, 0.3) is 0 Å². The minimum Gasteiger partial charge on any atom is -0.288 e. The summed E-state index contributed by atoms with van der Waals surface area (Å²) in [6.45, 7) is 3.49. The molecule has 0 N–H and O–H groups in total. The summed E-state index contributed by atoms with van der Waals surface area (Å²) in [6.07, 6.45) is 0.974. The van der Waals surface area contributed by atoms with Gasteiger partial charge < -0.3 is 0 Å². The van der Waals surface area contributed by atoms with E-state index < -0.39 is 0 Å². The zero-order chi connectivity index (χ0) is 17.6. The fourth-order valence-corrected chi connectivity index (χ4v) is 3.02. The number of nitrogens with zero attached hydrogens (tertiary/aromatic N) is 5. The summed E-state index contributed by atoms with van der Waals surface area (Å²) < 4.78 is 15.2. The summed E-state index contributed by atoms with van der Waals surface area (Å²) in [5, 5.41) is 12.0. The van der Waals surface area contributed by atoms with E-state index in [1.54, 1.807) is 0 Å². The van der Waals surface area contributed by atoms with Gasteiger partial charge in [0, 0.05) is 6.54 Å². The number of aryl methyl sites for hydroxylation is 1. The Morgan fingerprint density at radius 2 is 1.72 bits per heavy atom. The van der Waals surface area contributed by atoms with E-state index in [-0.39, 0.29) is 11.9 Å². The van der Waals surface area contributed by atoms with Gasteiger partial charge in [-0.05, 0) is 47.2 Å². The molecule has 0 aliphatic heterocycles. The van der Waals surface area contributed by atoms with Crippen LogP contribution in [0, 0.1) is 5.82 Å². The van der Waals surface area contributed by atoms with Crippen LogP contribution in [0.15, 0.2) is 54.6 Å². The van der Waals surface area contributed by atoms with Crippen LogP contribution in [0.2, 0.25) is 0 Å². The van der Waals surface area contributed by atoms with E-state index in [0.717, 1.165) is 29.9 Å². The molecule has 0 radical (unpaired) electrons. The zero-order valence-electron chi connectivity index (χ0n) is 14.5. The Morgan fingerprint density at radius 3 is 2.40 bits per heavy atom. The van der Waals surface area contributed by atoms with Crippen molar-refractivity contribution >= 4 is 0 Å². The number of hydrogen-bond donors (Lipinski definition) is 0. The molecule has 6 heteroatoms. The van der Waals surface area contributed by atoms with Crippen molar-refractivity contribution in [2.24, 2.45) is 0 Å². The molecule has 0 fully saturated rings. The molecule has 0 saturated heterocycles. The van der Waals surface area contributed by atoms with Crippen molar-refractivity contribution in [2.75, 3.05) is 7.05 Å². The number of aromatic nitrogens is 4. The second-order valence-corrected chi connectivity index (χ2v) is 6.10. The Bertz CT molecular complexity index is 785. The van der Waals surface area contributed by atoms with E-state index in [9.17, 15) is 4.39 Å². The SMILES string of the molecule is CCCn1nnnc1CN(C)C(c1ccccc1)c1ccc(F)cc1. The lowest BCUT2D eigenvalue weighted by Crippen LogP contribution is -2.27. The predicted octanol–water partition coefficient (Wildman–Crippen LogP) is 3.44. The summed E-state index contributed by atoms with van der Waals surface area (Å²) in [5.41, 5.74) is 2.18. The summed E-state index contributed by atoms with van der Waals surface area (Å²) in [7, 11) is 2.03. The van der Waals surface area contributed by atoms with Gasteiger partial charge in [-0.15, -0.1) is 5.10 Å². The summed E-state index contributed by atoms with van der Waals surface area (Å²) >= 11 is 0. The highest BCUT2D eigenvalue weighted by molar-refractivity contribution is 5.32. The van der Waals surface area contributed by atoms with Crippen LogP contribution in [0.4, 0.5) is 4.39 Å². The number of tetrazole rings is 1. The van der Waals surface area contributed by atoms with Crippen molar-refractivity contribution in [3.63, 3.8) is 0 Å². The van der Waals surface area contributed by atoms with Gasteiger partial charge in [-0.25, -0.2) is 9.07 Å². The van der Waals surface area contributed by atoms with Crippen LogP contribution < -0.4 is 0 Å². The number of halogens is 1. The maximum atomic E-state index is 13.4. The molecule has 0 saturated carbocycles. The van der Waals surface area contributed by atoms with Gasteiger partial charge in [0.15, 0.2) is 5.82 Å². The number of rotatable bonds is 7. The second kappa shape index (κ2) is 7.98. The van der Waals surface area contributed by atoms with Gasteiger partial charge in [0.1, 0.15) is 5.82 Å². The van der Waals surface area contributed by atoms with Gasteiger partial charge in [-0.2, -0.15) is 0 Å². The van der Waals surface area contributed by atoms with Crippen molar-refractivity contribution in [1.29, 1.82) is 0 Å². The second-order valence-electron chi connectivity index (χ2n) is 6.10. The standard InChI is InChI=1S/C19H22FN5/c1-3-13-25-18(21-22-23-25)14-24(2)19(15-7-5-4-6-8-15)16-9-11-17(20)12-10-16/h4-12,19H,3,13-14H2,1-2H3. The molecule has 0 bridgehead atoms. The third-order valence-electron chi connectivity index (χ3n) is 4.17. The van der Waals surface area contributed by atoms with E-state index in [1.807, 2.05) is 42.1 Å². The molecule has 0 spiro atoms. The summed E-state index contributed by atoms with van der Waals surface area (Å²) in [6, 6.07) is 16.8. The molecule has 1 aromatic heterocycles. The topological polar surface area (TPSA) is 46.8 Å². The molecule has 1 heterocycles. The molecule has 1 atom stereocenters. The molecule has 0 amide bonds. The van der Waals surface area contributed by atoms with Crippen LogP contribution in [0.1, 0.15) is 36.3 Å². The van der Waals surface area contributed by atoms with E-state index in [1.165, 1.54) is 12.1 Å². The Kier molecular flexibility index (Phi) is 5.50. The van der Waals surface area contributed by atoms with Gasteiger partial charge in [0.05, 0.1) is 12.6 Å². The predicted molar refractivity (Wildman–Crippen MR) is 94.3 cm³/mol. The Morgan fingerprint density at radius 1 is 1.04 bits per heavy atom. The maximum absolute atomic E-state index is 13.4. The maximum Gasteiger partial charge on any atom is 0.165 e. The van der Waals surface area contributed by atoms with Crippen LogP contribution >= 0.6 is 0 Å². The molecular weight excluding hydrogens is 317 g/mol. The lowest BCUT2D eigenvalue weighted by Gasteiger charge is -2.28. The smallest absolute Gasteiger partial charge is 0.165 e. The fraction of sp³-hybridized carbons (Fsp3) is 0.316. The molecule has 0 aliphatic carbocycles. The molecule has 25 heavy (non-hydrogen) atoms. The van der Waals surface area contributed by atoms with Gasteiger partial charge >= 0.3 is 0 Å². The summed E-state index contributed by atoms with van der Waals surface area (Å²) in [5.74, 6) is 0.595. The number of benzene rings is 2. The van der Waals surface area contributed by atoms with E-state index in [0.29, 0.717) is 6.54 Å². The highest BCUT2D eigenvalue weighted by atomic mass is 19.1. The van der Waals surface area contributed by atoms with Crippen molar-refractivity contribution in [2.45, 2.75) is 32.5 Å². The quantitative estimate of drug-likeness (QED) is 0.661. The molecule has 1 unspecified atom stereocenters. The molecular formula is C19H22FN5. The minimum absolute atomic E-state index is 0.00595. The highest BCUT2D eigenvalue weighted by Gasteiger charge is 2.21. The van der Waals surface area contributed by atoms with Crippen molar-refractivity contribution in [1.82, 2.24) is 25.1 Å². The van der Waals surface area contributed by atoms with E-state index in [2.05, 4.69) is 39.5 Å². The monoisotopic (exact) mass is 339 g/mol. The lowest BCUT2D eigenvalue weighted by molar-refractivity contribution is 0.257. The first-order valence-corrected chi connectivity index (χ1v) is 8.44. The first-order chi connectivity index (χ1) is 12.2. The molecule has 3 rings (SSSR count). The van der Waals surface area contributed by atoms with Crippen LogP contribution in [0.5, 0.6) is 0 Å². The van der Waals surface area contributed by atoms with Crippen LogP contribution in [-0.2, 0) is 13.1 Å². The highest BCUT2D eigenvalue weighted by Crippen LogP contribution is 2.28. The third-order valence-corrected chi connectivity index (χ3v) is 4.17. The fourth-order valence-electron chi connectivity index (χ4n) is 3.02. The molecule has 5 nitrogen and oxygen atoms in total. The average molecular weight is 339 g/mol. The number of hydrogen-bond acceptors (Lipinski definition) is 4. The Hall–Kier alpha value is -2.60. The van der Waals surface area contributed by atoms with Gasteiger partial charge in [0.2, 0.25) is 0 Å². The molecule has 3 aromatic rings. The Balaban J connectivity index is 1.91. The van der Waals surface area contributed by atoms with Gasteiger partial charge in [-0.3, -0.25) is 4.90 Å². The normalized spacial score (nSPS) is 12.5. The van der Waals surface area contributed by atoms with Crippen molar-refractivity contribution in [3.05, 3.63) is 77.4 Å². The minimum atomic E-state index is -0.231. The zero-order valence-corrected chi connectivity index (χ0v) is 14.5. The van der Waals surface area contributed by atoms with E-state index in [4.69, 9.17) is 0 Å². The molecule has 2 aromatic carbocycles.